The van der Waals surface area contributed by atoms with Crippen LogP contribution < -0.4 is 20.4 Å². The molecule has 0 amide bonds. The van der Waals surface area contributed by atoms with Gasteiger partial charge in [0.1, 0.15) is 0 Å². The van der Waals surface area contributed by atoms with Crippen LogP contribution in [0.25, 0.3) is 44.5 Å². The van der Waals surface area contributed by atoms with E-state index < -0.39 is 0 Å². The summed E-state index contributed by atoms with van der Waals surface area (Å²) in [6.45, 7) is 51.5. The van der Waals surface area contributed by atoms with Crippen LogP contribution in [-0.4, -0.2) is 0 Å². The Kier molecular flexibility index (Phi) is 22.7. The van der Waals surface area contributed by atoms with Gasteiger partial charge in [-0.25, -0.2) is 0 Å². The molecule has 8 aromatic rings. The SMILES string of the molecule is CC(C)(C)c1cc(-c2ccccc2)c([O-])c(C(C)(C)C)c1.CC(C)(C)c1cc(-c2ccccc2)c([O-])c(C(C)(C)C)c1.CC(C)(C)c1cc(-c2ccccc2)c([O-])c(C(C)(C)C)c1.CC(C)(C)c1cc(-c2ccccc2)c([O-])c(C(C)(C)C)c1.[Ti+4]. The smallest absolute Gasteiger partial charge is 0.872 e. The fourth-order valence-electron chi connectivity index (χ4n) is 9.80. The molecule has 0 aliphatic rings. The molecule has 448 valence electrons. The standard InChI is InChI=1S/4C20H26O.Ti/c4*1-19(2,3)15-12-16(14-10-8-7-9-11-14)18(21)17(13-15)20(4,5)6;/h4*7-13,21H,1-6H3;/q;;;;+4/p-4. The maximum absolute atomic E-state index is 12.9. The quantitative estimate of drug-likeness (QED) is 0.164. The fourth-order valence-corrected chi connectivity index (χ4v) is 9.80. The van der Waals surface area contributed by atoms with Gasteiger partial charge in [-0.15, -0.1) is 0 Å². The van der Waals surface area contributed by atoms with E-state index in [9.17, 15) is 20.4 Å². The zero-order valence-electron chi connectivity index (χ0n) is 56.3. The van der Waals surface area contributed by atoms with E-state index in [0.29, 0.717) is 0 Å². The molecular weight excluding hydrogens is 1070 g/mol. The van der Waals surface area contributed by atoms with Gasteiger partial charge in [0.25, 0.3) is 0 Å². The van der Waals surface area contributed by atoms with Gasteiger partial charge in [0.05, 0.1) is 0 Å². The topological polar surface area (TPSA) is 92.2 Å². The van der Waals surface area contributed by atoms with Crippen molar-refractivity contribution >= 4 is 0 Å². The molecule has 0 N–H and O–H groups in total. The molecule has 0 saturated heterocycles. The fraction of sp³-hybridized carbons (Fsp3) is 0.400. The molecule has 0 aliphatic carbocycles. The maximum atomic E-state index is 12.9. The summed E-state index contributed by atoms with van der Waals surface area (Å²) in [5.41, 5.74) is 15.2. The second-order valence-corrected chi connectivity index (χ2v) is 31.1. The zero-order valence-corrected chi connectivity index (χ0v) is 57.9. The Balaban J connectivity index is 0.000000242. The Morgan fingerprint density at radius 1 is 0.200 bits per heavy atom. The molecule has 0 spiro atoms. The molecule has 85 heavy (non-hydrogen) atoms. The Morgan fingerprint density at radius 3 is 0.459 bits per heavy atom. The summed E-state index contributed by atoms with van der Waals surface area (Å²) < 4.78 is 0. The molecule has 0 fully saturated rings. The summed E-state index contributed by atoms with van der Waals surface area (Å²) in [4.78, 5) is 0. The number of benzene rings is 8. The van der Waals surface area contributed by atoms with Crippen molar-refractivity contribution in [3.63, 3.8) is 0 Å². The third-order valence-electron chi connectivity index (χ3n) is 15.4. The monoisotopic (exact) mass is 1170 g/mol. The van der Waals surface area contributed by atoms with Crippen molar-refractivity contribution in [3.8, 4) is 67.5 Å². The first kappa shape index (κ1) is 71.2. The summed E-state index contributed by atoms with van der Waals surface area (Å²) in [7, 11) is 0. The second-order valence-electron chi connectivity index (χ2n) is 31.1. The first-order valence-electron chi connectivity index (χ1n) is 30.1. The summed E-state index contributed by atoms with van der Waals surface area (Å²) in [5, 5.41) is 51.6. The van der Waals surface area contributed by atoms with E-state index in [1.54, 1.807) is 0 Å². The minimum Gasteiger partial charge on any atom is -0.872 e. The third kappa shape index (κ3) is 18.8. The molecule has 0 heterocycles. The molecule has 0 saturated carbocycles. The minimum absolute atomic E-state index is 0. The van der Waals surface area contributed by atoms with Crippen LogP contribution in [-0.2, 0) is 65.0 Å². The predicted octanol–water partition coefficient (Wildman–Crippen LogP) is 20.1. The number of hydrogen-bond acceptors (Lipinski definition) is 4. The van der Waals surface area contributed by atoms with Gasteiger partial charge in [0.2, 0.25) is 0 Å². The van der Waals surface area contributed by atoms with Gasteiger partial charge in [-0.1, -0.05) is 359 Å². The molecule has 0 bridgehead atoms. The summed E-state index contributed by atoms with van der Waals surface area (Å²) in [6, 6.07) is 56.5. The minimum atomic E-state index is -0.151. The molecule has 4 nitrogen and oxygen atoms in total. The van der Waals surface area contributed by atoms with Crippen LogP contribution in [0.15, 0.2) is 170 Å². The van der Waals surface area contributed by atoms with E-state index >= 15 is 0 Å². The Labute approximate surface area is 530 Å². The Bertz CT molecular complexity index is 2980. The summed E-state index contributed by atoms with van der Waals surface area (Å²) >= 11 is 0. The average Bonchev–Trinajstić information content (AvgIpc) is 1.66. The van der Waals surface area contributed by atoms with Crippen molar-refractivity contribution < 1.29 is 42.1 Å². The Morgan fingerprint density at radius 2 is 0.341 bits per heavy atom. The van der Waals surface area contributed by atoms with E-state index in [-0.39, 0.29) is 88.0 Å². The van der Waals surface area contributed by atoms with Crippen LogP contribution in [0, 0.1) is 0 Å². The third-order valence-corrected chi connectivity index (χ3v) is 15.4. The largest absolute Gasteiger partial charge is 4.00 e. The molecule has 0 aliphatic heterocycles. The molecule has 5 heteroatoms. The molecular formula is C80H100O4Ti. The molecule has 8 aromatic carbocycles. The van der Waals surface area contributed by atoms with Crippen molar-refractivity contribution in [1.29, 1.82) is 0 Å². The normalized spacial score (nSPS) is 12.3. The van der Waals surface area contributed by atoms with E-state index in [4.69, 9.17) is 0 Å². The van der Waals surface area contributed by atoms with Gasteiger partial charge in [0, 0.05) is 0 Å². The van der Waals surface area contributed by atoms with Crippen LogP contribution in [0.1, 0.15) is 211 Å². The first-order chi connectivity index (χ1) is 38.4. The van der Waals surface area contributed by atoms with E-state index in [2.05, 4.69) is 215 Å². The van der Waals surface area contributed by atoms with Gasteiger partial charge < -0.3 is 20.4 Å². The molecule has 8 rings (SSSR count). The molecule has 0 aromatic heterocycles. The molecule has 0 radical (unpaired) electrons. The second kappa shape index (κ2) is 27.2. The maximum Gasteiger partial charge on any atom is 4.00 e. The van der Waals surface area contributed by atoms with Crippen molar-refractivity contribution in [1.82, 2.24) is 0 Å². The van der Waals surface area contributed by atoms with E-state index in [1.165, 1.54) is 22.3 Å². The molecule has 0 atom stereocenters. The van der Waals surface area contributed by atoms with Gasteiger partial charge in [0.15, 0.2) is 0 Å². The van der Waals surface area contributed by atoms with Gasteiger partial charge in [-0.3, -0.25) is 0 Å². The number of hydrogen-bond donors (Lipinski definition) is 0. The number of rotatable bonds is 4. The zero-order chi connectivity index (χ0) is 63.3. The van der Waals surface area contributed by atoms with Crippen LogP contribution in [0.5, 0.6) is 23.0 Å². The van der Waals surface area contributed by atoms with Crippen molar-refractivity contribution in [2.45, 2.75) is 209 Å². The van der Waals surface area contributed by atoms with Crippen LogP contribution in [0.2, 0.25) is 0 Å². The van der Waals surface area contributed by atoms with Crippen molar-refractivity contribution in [3.05, 3.63) is 214 Å². The van der Waals surface area contributed by atoms with Gasteiger partial charge in [-0.05, 0) is 132 Å². The van der Waals surface area contributed by atoms with E-state index in [0.717, 1.165) is 66.8 Å². The summed E-state index contributed by atoms with van der Waals surface area (Å²) in [5.74, 6) is 0.617. The van der Waals surface area contributed by atoms with Crippen LogP contribution >= 0.6 is 0 Å². The predicted molar refractivity (Wildman–Crippen MR) is 355 cm³/mol. The summed E-state index contributed by atoms with van der Waals surface area (Å²) in [6.07, 6.45) is 0. The van der Waals surface area contributed by atoms with Crippen molar-refractivity contribution in [2.75, 3.05) is 0 Å². The Hall–Kier alpha value is -6.33. The van der Waals surface area contributed by atoms with Gasteiger partial charge in [-0.2, -0.15) is 0 Å². The van der Waals surface area contributed by atoms with Gasteiger partial charge >= 0.3 is 21.7 Å². The average molecular weight is 1170 g/mol. The van der Waals surface area contributed by atoms with Crippen LogP contribution in [0.4, 0.5) is 0 Å². The van der Waals surface area contributed by atoms with E-state index in [1.807, 2.05) is 121 Å². The molecule has 0 unspecified atom stereocenters. The van der Waals surface area contributed by atoms with Crippen LogP contribution in [0.3, 0.4) is 0 Å². The van der Waals surface area contributed by atoms with Crippen molar-refractivity contribution in [2.24, 2.45) is 0 Å². The first-order valence-corrected chi connectivity index (χ1v) is 30.1.